The lowest BCUT2D eigenvalue weighted by molar-refractivity contribution is 0.288. The summed E-state index contributed by atoms with van der Waals surface area (Å²) in [6, 6.07) is 2.10. The number of hydrogen-bond acceptors (Lipinski definition) is 5. The van der Waals surface area contributed by atoms with Crippen molar-refractivity contribution in [3.05, 3.63) is 22.9 Å². The molecule has 0 atom stereocenters. The molecule has 0 saturated heterocycles. The van der Waals surface area contributed by atoms with Crippen molar-refractivity contribution in [2.45, 2.75) is 40.2 Å². The number of aryl methyl sites for hydroxylation is 2. The highest BCUT2D eigenvalue weighted by Crippen LogP contribution is 2.24. The predicted molar refractivity (Wildman–Crippen MR) is 80.4 cm³/mol. The van der Waals surface area contributed by atoms with Crippen LogP contribution in [0.2, 0.25) is 0 Å². The van der Waals surface area contributed by atoms with Gasteiger partial charge in [0.2, 0.25) is 0 Å². The average Bonchev–Trinajstić information content (AvgIpc) is 2.37. The molecule has 0 fully saturated rings. The van der Waals surface area contributed by atoms with E-state index in [1.807, 2.05) is 33.8 Å². The maximum Gasteiger partial charge on any atom is 0.174 e. The zero-order chi connectivity index (χ0) is 15.3. The van der Waals surface area contributed by atoms with Crippen LogP contribution in [0.1, 0.15) is 37.1 Å². The number of nitrogens with zero attached hydrogens (tertiary/aromatic N) is 3. The van der Waals surface area contributed by atoms with E-state index in [2.05, 4.69) is 15.0 Å². The summed E-state index contributed by atoms with van der Waals surface area (Å²) < 4.78 is 0. The molecule has 0 saturated carbocycles. The van der Waals surface area contributed by atoms with Crippen LogP contribution in [0.4, 0.5) is 5.82 Å². The van der Waals surface area contributed by atoms with Gasteiger partial charge in [0.05, 0.1) is 5.56 Å². The quantitative estimate of drug-likeness (QED) is 0.317. The second-order valence-electron chi connectivity index (χ2n) is 5.13. The lowest BCUT2D eigenvalue weighted by Gasteiger charge is -2.30. The molecule has 112 valence electrons. The smallest absolute Gasteiger partial charge is 0.174 e. The van der Waals surface area contributed by atoms with Gasteiger partial charge in [-0.2, -0.15) is 0 Å². The summed E-state index contributed by atoms with van der Waals surface area (Å²) in [6.07, 6.45) is 0.641. The number of aromatic nitrogens is 1. The fraction of sp³-hybridized carbons (Fsp3) is 0.571. The van der Waals surface area contributed by atoms with E-state index < -0.39 is 0 Å². The van der Waals surface area contributed by atoms with Crippen molar-refractivity contribution >= 4 is 11.7 Å². The Bertz CT molecular complexity index is 486. The maximum absolute atomic E-state index is 9.04. The fourth-order valence-corrected chi connectivity index (χ4v) is 2.24. The van der Waals surface area contributed by atoms with Gasteiger partial charge in [0.1, 0.15) is 5.82 Å². The number of aliphatic hydroxyl groups excluding tert-OH is 1. The molecule has 0 aromatic carbocycles. The molecule has 0 aliphatic rings. The van der Waals surface area contributed by atoms with Crippen LogP contribution in [0.3, 0.4) is 0 Å². The van der Waals surface area contributed by atoms with Gasteiger partial charge in [0.15, 0.2) is 5.84 Å². The third-order valence-electron chi connectivity index (χ3n) is 3.14. The highest BCUT2D eigenvalue weighted by Gasteiger charge is 2.20. The first-order valence-corrected chi connectivity index (χ1v) is 6.76. The summed E-state index contributed by atoms with van der Waals surface area (Å²) >= 11 is 0. The Hall–Kier alpha value is -1.82. The van der Waals surface area contributed by atoms with Gasteiger partial charge < -0.3 is 20.9 Å². The Labute approximate surface area is 119 Å². The monoisotopic (exact) mass is 280 g/mol. The minimum Gasteiger partial charge on any atom is -0.409 e. The van der Waals surface area contributed by atoms with Gasteiger partial charge >= 0.3 is 0 Å². The van der Waals surface area contributed by atoms with Gasteiger partial charge in [-0.1, -0.05) is 5.16 Å². The molecule has 1 rings (SSSR count). The van der Waals surface area contributed by atoms with Crippen LogP contribution in [0.5, 0.6) is 0 Å². The van der Waals surface area contributed by atoms with E-state index in [1.54, 1.807) is 0 Å². The fourth-order valence-electron chi connectivity index (χ4n) is 2.24. The summed E-state index contributed by atoms with van der Waals surface area (Å²) in [5, 5.41) is 21.1. The highest BCUT2D eigenvalue weighted by atomic mass is 16.4. The van der Waals surface area contributed by atoms with Crippen molar-refractivity contribution in [1.82, 2.24) is 4.98 Å². The summed E-state index contributed by atoms with van der Waals surface area (Å²) in [6.45, 7) is 8.70. The first-order chi connectivity index (χ1) is 9.42. The molecule has 1 aromatic rings. The molecule has 0 unspecified atom stereocenters. The van der Waals surface area contributed by atoms with Crippen molar-refractivity contribution in [1.29, 1.82) is 0 Å². The number of rotatable bonds is 6. The van der Waals surface area contributed by atoms with Gasteiger partial charge in [-0.15, -0.1) is 0 Å². The van der Waals surface area contributed by atoms with Crippen LogP contribution in [0, 0.1) is 13.8 Å². The number of amidine groups is 1. The molecule has 1 heterocycles. The Kier molecular flexibility index (Phi) is 5.76. The van der Waals surface area contributed by atoms with Crippen LogP contribution in [0.25, 0.3) is 0 Å². The summed E-state index contributed by atoms with van der Waals surface area (Å²) in [4.78, 5) is 6.61. The molecule has 20 heavy (non-hydrogen) atoms. The molecule has 0 spiro atoms. The molecule has 0 amide bonds. The number of hydrogen-bond donors (Lipinski definition) is 3. The number of anilines is 1. The lowest BCUT2D eigenvalue weighted by Crippen LogP contribution is -2.35. The molecule has 1 aromatic heterocycles. The zero-order valence-electron chi connectivity index (χ0n) is 12.6. The Balaban J connectivity index is 3.38. The average molecular weight is 280 g/mol. The molecule has 0 radical (unpaired) electrons. The topological polar surface area (TPSA) is 95.0 Å². The molecule has 6 heteroatoms. The molecular weight excluding hydrogens is 256 g/mol. The van der Waals surface area contributed by atoms with Crippen LogP contribution >= 0.6 is 0 Å². The van der Waals surface area contributed by atoms with Gasteiger partial charge in [-0.25, -0.2) is 4.98 Å². The second kappa shape index (κ2) is 7.09. The highest BCUT2D eigenvalue weighted by molar-refractivity contribution is 6.02. The standard InChI is InChI=1S/C14H24N4O2/c1-9(2)18(6-5-7-19)14-12(13(15)17-20)10(3)8-11(4)16-14/h8-9,19-20H,5-7H2,1-4H3,(H2,15,17). The number of pyridine rings is 1. The van der Waals surface area contributed by atoms with E-state index in [1.165, 1.54) is 0 Å². The Morgan fingerprint density at radius 3 is 2.60 bits per heavy atom. The normalized spacial score (nSPS) is 12.0. The molecular formula is C14H24N4O2. The van der Waals surface area contributed by atoms with Crippen molar-refractivity contribution in [3.8, 4) is 0 Å². The van der Waals surface area contributed by atoms with E-state index in [0.29, 0.717) is 24.3 Å². The summed E-state index contributed by atoms with van der Waals surface area (Å²) in [5.41, 5.74) is 8.23. The molecule has 6 nitrogen and oxygen atoms in total. The lowest BCUT2D eigenvalue weighted by atomic mass is 10.1. The van der Waals surface area contributed by atoms with Gasteiger partial charge in [0.25, 0.3) is 0 Å². The minimum atomic E-state index is 0.0552. The number of aliphatic hydroxyl groups is 1. The van der Waals surface area contributed by atoms with E-state index >= 15 is 0 Å². The maximum atomic E-state index is 9.04. The molecule has 0 bridgehead atoms. The second-order valence-corrected chi connectivity index (χ2v) is 5.13. The minimum absolute atomic E-state index is 0.0552. The van der Waals surface area contributed by atoms with Crippen LogP contribution in [0.15, 0.2) is 11.2 Å². The van der Waals surface area contributed by atoms with Gasteiger partial charge in [0, 0.05) is 24.9 Å². The van der Waals surface area contributed by atoms with E-state index in [4.69, 9.17) is 16.0 Å². The first kappa shape index (κ1) is 16.2. The van der Waals surface area contributed by atoms with E-state index in [-0.39, 0.29) is 18.5 Å². The molecule has 4 N–H and O–H groups in total. The summed E-state index contributed by atoms with van der Waals surface area (Å²) in [5.74, 6) is 0.751. The van der Waals surface area contributed by atoms with Crippen molar-refractivity contribution in [2.75, 3.05) is 18.1 Å². The third-order valence-corrected chi connectivity index (χ3v) is 3.14. The number of nitrogens with two attached hydrogens (primary N) is 1. The van der Waals surface area contributed by atoms with Crippen LogP contribution in [-0.2, 0) is 0 Å². The van der Waals surface area contributed by atoms with Gasteiger partial charge in [-0.05, 0) is 45.7 Å². The third kappa shape index (κ3) is 3.60. The van der Waals surface area contributed by atoms with E-state index in [0.717, 1.165) is 11.3 Å². The largest absolute Gasteiger partial charge is 0.409 e. The SMILES string of the molecule is Cc1cc(C)c(C(N)=NO)c(N(CCCO)C(C)C)n1. The van der Waals surface area contributed by atoms with Crippen molar-refractivity contribution in [3.63, 3.8) is 0 Å². The Morgan fingerprint density at radius 1 is 1.45 bits per heavy atom. The van der Waals surface area contributed by atoms with E-state index in [9.17, 15) is 0 Å². The first-order valence-electron chi connectivity index (χ1n) is 6.76. The Morgan fingerprint density at radius 2 is 2.10 bits per heavy atom. The molecule has 0 aliphatic carbocycles. The summed E-state index contributed by atoms with van der Waals surface area (Å²) in [7, 11) is 0. The van der Waals surface area contributed by atoms with Crippen LogP contribution in [-0.4, -0.2) is 40.3 Å². The zero-order valence-corrected chi connectivity index (χ0v) is 12.6. The number of oxime groups is 1. The van der Waals surface area contributed by atoms with Crippen LogP contribution < -0.4 is 10.6 Å². The van der Waals surface area contributed by atoms with Crippen molar-refractivity contribution in [2.24, 2.45) is 10.9 Å². The van der Waals surface area contributed by atoms with Crippen molar-refractivity contribution < 1.29 is 10.3 Å². The predicted octanol–water partition coefficient (Wildman–Crippen LogP) is 1.39. The molecule has 0 aliphatic heterocycles. The van der Waals surface area contributed by atoms with Gasteiger partial charge in [-0.3, -0.25) is 0 Å².